The van der Waals surface area contributed by atoms with Crippen molar-refractivity contribution in [2.45, 2.75) is 23.3 Å². The van der Waals surface area contributed by atoms with Crippen molar-refractivity contribution in [1.29, 1.82) is 0 Å². The highest BCUT2D eigenvalue weighted by Crippen LogP contribution is 2.42. The van der Waals surface area contributed by atoms with Crippen molar-refractivity contribution in [3.8, 4) is 22.6 Å². The summed E-state index contributed by atoms with van der Waals surface area (Å²) < 4.78 is 34.4. The van der Waals surface area contributed by atoms with Gasteiger partial charge in [0.2, 0.25) is 10.0 Å². The number of nitrogens with one attached hydrogen (secondary N) is 1. The highest BCUT2D eigenvalue weighted by atomic mass is 35.5. The van der Waals surface area contributed by atoms with Crippen LogP contribution in [0.25, 0.3) is 11.1 Å². The molecule has 6 heteroatoms. The third-order valence-electron chi connectivity index (χ3n) is 5.73. The van der Waals surface area contributed by atoms with E-state index < -0.39 is 10.0 Å². The number of rotatable bonds is 7. The smallest absolute Gasteiger partial charge is 0.240 e. The molecule has 33 heavy (non-hydrogen) atoms. The van der Waals surface area contributed by atoms with Gasteiger partial charge in [-0.25, -0.2) is 13.1 Å². The summed E-state index contributed by atoms with van der Waals surface area (Å²) in [5.74, 6) is 1.70. The summed E-state index contributed by atoms with van der Waals surface area (Å²) in [6.07, 6.45) is 0.779. The van der Waals surface area contributed by atoms with Crippen molar-refractivity contribution >= 4 is 21.6 Å². The van der Waals surface area contributed by atoms with Crippen LogP contribution in [0, 0.1) is 0 Å². The predicted molar refractivity (Wildman–Crippen MR) is 131 cm³/mol. The average molecular weight is 476 g/mol. The van der Waals surface area contributed by atoms with E-state index in [9.17, 15) is 8.42 Å². The van der Waals surface area contributed by atoms with Crippen molar-refractivity contribution in [2.24, 2.45) is 0 Å². The SMILES string of the molecule is O=S(=O)(N[C@@H]1C[C@H]1c1ccc(Oc2ccccc2)cc1)c1ccc(-c2ccc(Cl)cc2)cc1. The summed E-state index contributed by atoms with van der Waals surface area (Å²) in [5.41, 5.74) is 3.02. The maximum atomic E-state index is 12.9. The van der Waals surface area contributed by atoms with Crippen LogP contribution in [0.1, 0.15) is 17.9 Å². The van der Waals surface area contributed by atoms with Gasteiger partial charge >= 0.3 is 0 Å². The molecule has 1 fully saturated rings. The monoisotopic (exact) mass is 475 g/mol. The Hall–Kier alpha value is -3.12. The van der Waals surface area contributed by atoms with E-state index in [0.717, 1.165) is 34.6 Å². The van der Waals surface area contributed by atoms with E-state index in [1.807, 2.05) is 91.0 Å². The van der Waals surface area contributed by atoms with Gasteiger partial charge in [0.05, 0.1) is 4.90 Å². The Morgan fingerprint density at radius 3 is 1.94 bits per heavy atom. The summed E-state index contributed by atoms with van der Waals surface area (Å²) in [6.45, 7) is 0. The van der Waals surface area contributed by atoms with Crippen LogP contribution in [0.5, 0.6) is 11.5 Å². The molecule has 0 heterocycles. The summed E-state index contributed by atoms with van der Waals surface area (Å²) in [5, 5.41) is 0.666. The topological polar surface area (TPSA) is 55.4 Å². The second-order valence-corrected chi connectivity index (χ2v) is 10.2. The highest BCUT2D eigenvalue weighted by Gasteiger charge is 2.41. The molecule has 0 amide bonds. The van der Waals surface area contributed by atoms with Crippen molar-refractivity contribution in [3.05, 3.63) is 114 Å². The zero-order valence-corrected chi connectivity index (χ0v) is 19.3. The molecule has 0 aliphatic heterocycles. The highest BCUT2D eigenvalue weighted by molar-refractivity contribution is 7.89. The first-order valence-electron chi connectivity index (χ1n) is 10.7. The quantitative estimate of drug-likeness (QED) is 0.326. The van der Waals surface area contributed by atoms with Crippen molar-refractivity contribution in [1.82, 2.24) is 4.72 Å². The van der Waals surface area contributed by atoms with Gasteiger partial charge in [-0.15, -0.1) is 0 Å². The molecule has 0 unspecified atom stereocenters. The number of ether oxygens (including phenoxy) is 1. The van der Waals surface area contributed by atoms with Crippen LogP contribution >= 0.6 is 11.6 Å². The van der Waals surface area contributed by atoms with Gasteiger partial charge in [0.25, 0.3) is 0 Å². The average Bonchev–Trinajstić information content (AvgIpc) is 3.59. The molecule has 1 saturated carbocycles. The van der Waals surface area contributed by atoms with Crippen LogP contribution in [-0.2, 0) is 10.0 Å². The van der Waals surface area contributed by atoms with Crippen LogP contribution in [-0.4, -0.2) is 14.5 Å². The summed E-state index contributed by atoms with van der Waals surface area (Å²) in [6, 6.07) is 31.7. The lowest BCUT2D eigenvalue weighted by Crippen LogP contribution is -2.26. The van der Waals surface area contributed by atoms with Gasteiger partial charge in [0, 0.05) is 17.0 Å². The van der Waals surface area contributed by atoms with Gasteiger partial charge in [-0.3, -0.25) is 0 Å². The van der Waals surface area contributed by atoms with E-state index in [0.29, 0.717) is 5.02 Å². The molecule has 4 aromatic carbocycles. The molecular formula is C27H22ClNO3S. The van der Waals surface area contributed by atoms with E-state index in [2.05, 4.69) is 4.72 Å². The first kappa shape index (κ1) is 21.7. The van der Waals surface area contributed by atoms with E-state index in [4.69, 9.17) is 16.3 Å². The van der Waals surface area contributed by atoms with Crippen LogP contribution in [0.4, 0.5) is 0 Å². The van der Waals surface area contributed by atoms with Crippen LogP contribution in [0.15, 0.2) is 108 Å². The maximum Gasteiger partial charge on any atom is 0.240 e. The number of halogens is 1. The molecule has 0 saturated heterocycles. The maximum absolute atomic E-state index is 12.9. The van der Waals surface area contributed by atoms with Gasteiger partial charge in [-0.2, -0.15) is 0 Å². The minimum atomic E-state index is -3.59. The van der Waals surface area contributed by atoms with E-state index >= 15 is 0 Å². The Kier molecular flexibility index (Phi) is 5.94. The molecule has 166 valence electrons. The molecule has 2 atom stereocenters. The van der Waals surface area contributed by atoms with Crippen LogP contribution in [0.3, 0.4) is 0 Å². The van der Waals surface area contributed by atoms with E-state index in [1.165, 1.54) is 0 Å². The number of benzene rings is 4. The lowest BCUT2D eigenvalue weighted by Gasteiger charge is -2.09. The number of hydrogen-bond donors (Lipinski definition) is 1. The molecule has 1 aliphatic carbocycles. The number of sulfonamides is 1. The molecule has 5 rings (SSSR count). The van der Waals surface area contributed by atoms with Gasteiger partial charge in [0.15, 0.2) is 0 Å². The predicted octanol–water partition coefficient (Wildman–Crippen LogP) is 6.63. The Bertz CT molecular complexity index is 1340. The second kappa shape index (κ2) is 9.02. The molecule has 4 nitrogen and oxygen atoms in total. The fraction of sp³-hybridized carbons (Fsp3) is 0.111. The molecule has 0 bridgehead atoms. The minimum absolute atomic E-state index is 0.105. The van der Waals surface area contributed by atoms with Crippen LogP contribution < -0.4 is 9.46 Å². The Labute approximate surface area is 198 Å². The summed E-state index contributed by atoms with van der Waals surface area (Å²) in [7, 11) is -3.59. The van der Waals surface area contributed by atoms with E-state index in [1.54, 1.807) is 12.1 Å². The van der Waals surface area contributed by atoms with Gasteiger partial charge in [0.1, 0.15) is 11.5 Å². The molecule has 4 aromatic rings. The zero-order chi connectivity index (χ0) is 22.8. The molecule has 1 aliphatic rings. The molecule has 0 spiro atoms. The Balaban J connectivity index is 1.21. The lowest BCUT2D eigenvalue weighted by molar-refractivity contribution is 0.482. The third kappa shape index (κ3) is 5.11. The van der Waals surface area contributed by atoms with Crippen LogP contribution in [0.2, 0.25) is 5.02 Å². The Morgan fingerprint density at radius 2 is 1.30 bits per heavy atom. The van der Waals surface area contributed by atoms with Gasteiger partial charge in [-0.05, 0) is 71.6 Å². The zero-order valence-electron chi connectivity index (χ0n) is 17.7. The molecule has 1 N–H and O–H groups in total. The van der Waals surface area contributed by atoms with Crippen molar-refractivity contribution < 1.29 is 13.2 Å². The first-order chi connectivity index (χ1) is 16.0. The summed E-state index contributed by atoms with van der Waals surface area (Å²) in [4.78, 5) is 0.262. The first-order valence-corrected chi connectivity index (χ1v) is 12.6. The fourth-order valence-electron chi connectivity index (χ4n) is 3.84. The standard InChI is InChI=1S/C27H22ClNO3S/c28-22-12-6-19(7-13-22)20-10-16-25(17-11-20)33(30,31)29-27-18-26(27)21-8-14-24(15-9-21)32-23-4-2-1-3-5-23/h1-17,26-27,29H,18H2/t26-,27+/m0/s1. The van der Waals surface area contributed by atoms with E-state index in [-0.39, 0.29) is 16.9 Å². The normalized spacial score (nSPS) is 17.5. The fourth-order valence-corrected chi connectivity index (χ4v) is 5.25. The van der Waals surface area contributed by atoms with Crippen molar-refractivity contribution in [2.75, 3.05) is 0 Å². The minimum Gasteiger partial charge on any atom is -0.457 e. The van der Waals surface area contributed by atoms with Gasteiger partial charge in [-0.1, -0.05) is 66.2 Å². The van der Waals surface area contributed by atoms with Gasteiger partial charge < -0.3 is 4.74 Å². The Morgan fingerprint density at radius 1 is 0.727 bits per heavy atom. The number of hydrogen-bond acceptors (Lipinski definition) is 3. The third-order valence-corrected chi connectivity index (χ3v) is 7.48. The van der Waals surface area contributed by atoms with Crippen molar-refractivity contribution in [3.63, 3.8) is 0 Å². The molecular weight excluding hydrogens is 454 g/mol. The lowest BCUT2D eigenvalue weighted by atomic mass is 10.1. The number of para-hydroxylation sites is 1. The second-order valence-electron chi connectivity index (χ2n) is 8.09. The molecule has 0 aromatic heterocycles. The summed E-state index contributed by atoms with van der Waals surface area (Å²) >= 11 is 5.94. The molecule has 0 radical (unpaired) electrons. The largest absolute Gasteiger partial charge is 0.457 e.